The van der Waals surface area contributed by atoms with Crippen molar-refractivity contribution in [2.75, 3.05) is 19.3 Å². The molecule has 1 unspecified atom stereocenters. The highest BCUT2D eigenvalue weighted by atomic mass is 35.5. The highest BCUT2D eigenvalue weighted by Gasteiger charge is 2.30. The van der Waals surface area contributed by atoms with Gasteiger partial charge in [0.05, 0.1) is 15.7 Å². The minimum absolute atomic E-state index is 0.0943. The monoisotopic (exact) mass is 603 g/mol. The summed E-state index contributed by atoms with van der Waals surface area (Å²) in [7, 11) is 0. The number of rotatable bonds is 9. The van der Waals surface area contributed by atoms with Crippen LogP contribution in [0.3, 0.4) is 0 Å². The Kier molecular flexibility index (Phi) is 10.1. The van der Waals surface area contributed by atoms with E-state index in [1.54, 1.807) is 11.0 Å². The largest absolute Gasteiger partial charge is 0.480 e. The van der Waals surface area contributed by atoms with Crippen LogP contribution >= 0.6 is 46.3 Å². The van der Waals surface area contributed by atoms with Crippen molar-refractivity contribution in [1.29, 1.82) is 0 Å². The number of aliphatic carboxylic acids is 1. The first kappa shape index (κ1) is 29.1. The van der Waals surface area contributed by atoms with Crippen molar-refractivity contribution in [3.05, 3.63) is 75.2 Å². The van der Waals surface area contributed by atoms with E-state index in [2.05, 4.69) is 10.3 Å². The lowest BCUT2D eigenvalue weighted by Gasteiger charge is -2.31. The SMILES string of the molecule is CSc1ccc(/C=C/C(=O)N2CCC(C(=O)NC(Cc3csc(-c4ccccc4)n3)C(=O)O)CC2)c(Cl)c1Cl. The molecule has 0 spiro atoms. The minimum Gasteiger partial charge on any atom is -0.480 e. The predicted octanol–water partition coefficient (Wildman–Crippen LogP) is 5.90. The summed E-state index contributed by atoms with van der Waals surface area (Å²) in [6.07, 6.45) is 5.98. The topological polar surface area (TPSA) is 99.6 Å². The summed E-state index contributed by atoms with van der Waals surface area (Å²) < 4.78 is 0. The molecule has 2 N–H and O–H groups in total. The number of halogens is 2. The van der Waals surface area contributed by atoms with Crippen LogP contribution in [0.4, 0.5) is 0 Å². The van der Waals surface area contributed by atoms with E-state index in [-0.39, 0.29) is 24.2 Å². The molecule has 1 saturated heterocycles. The summed E-state index contributed by atoms with van der Waals surface area (Å²) in [5, 5.41) is 15.9. The second-order valence-electron chi connectivity index (χ2n) is 9.03. The van der Waals surface area contributed by atoms with Gasteiger partial charge in [-0.15, -0.1) is 23.1 Å². The first-order chi connectivity index (χ1) is 18.8. The number of carbonyl (C=O) groups excluding carboxylic acids is 2. The molecule has 2 heterocycles. The molecule has 1 aliphatic heterocycles. The molecule has 0 bridgehead atoms. The molecule has 0 radical (unpaired) electrons. The number of carbonyl (C=O) groups is 3. The van der Waals surface area contributed by atoms with Crippen molar-refractivity contribution in [2.45, 2.75) is 30.2 Å². The van der Waals surface area contributed by atoms with E-state index in [9.17, 15) is 19.5 Å². The lowest BCUT2D eigenvalue weighted by atomic mass is 9.95. The Morgan fingerprint density at radius 1 is 1.15 bits per heavy atom. The molecule has 1 aromatic heterocycles. The number of amides is 2. The minimum atomic E-state index is -1.11. The number of likely N-dealkylation sites (tertiary alicyclic amines) is 1. The zero-order chi connectivity index (χ0) is 27.9. The summed E-state index contributed by atoms with van der Waals surface area (Å²) >= 11 is 15.5. The molecule has 204 valence electrons. The van der Waals surface area contributed by atoms with Crippen molar-refractivity contribution in [3.8, 4) is 10.6 Å². The zero-order valence-electron chi connectivity index (χ0n) is 21.1. The summed E-state index contributed by atoms with van der Waals surface area (Å²) in [5.74, 6) is -1.99. The van der Waals surface area contributed by atoms with Crippen molar-refractivity contribution in [2.24, 2.45) is 5.92 Å². The number of thioether (sulfide) groups is 1. The number of carboxylic acids is 1. The van der Waals surface area contributed by atoms with Crippen LogP contribution in [0.15, 0.2) is 58.8 Å². The first-order valence-corrected chi connectivity index (χ1v) is 15.1. The molecule has 0 saturated carbocycles. The van der Waals surface area contributed by atoms with E-state index in [0.717, 1.165) is 15.5 Å². The van der Waals surface area contributed by atoms with Crippen molar-refractivity contribution in [1.82, 2.24) is 15.2 Å². The molecular weight excluding hydrogens is 577 g/mol. The number of aromatic nitrogens is 1. The summed E-state index contributed by atoms with van der Waals surface area (Å²) in [4.78, 5) is 44.6. The van der Waals surface area contributed by atoms with Gasteiger partial charge >= 0.3 is 5.97 Å². The maximum Gasteiger partial charge on any atom is 0.326 e. The fourth-order valence-electron chi connectivity index (χ4n) is 4.27. The van der Waals surface area contributed by atoms with E-state index < -0.39 is 12.0 Å². The predicted molar refractivity (Wildman–Crippen MR) is 157 cm³/mol. The van der Waals surface area contributed by atoms with Crippen LogP contribution in [-0.2, 0) is 20.8 Å². The Balaban J connectivity index is 1.30. The molecule has 7 nitrogen and oxygen atoms in total. The van der Waals surface area contributed by atoms with Crippen LogP contribution in [0.1, 0.15) is 24.1 Å². The molecular formula is C28H27Cl2N3O4S2. The standard InChI is InChI=1S/C28H27Cl2N3O4S2/c1-38-22-9-7-17(24(29)25(22)30)8-10-23(34)33-13-11-18(12-14-33)26(35)32-21(28(36)37)15-20-16-39-27(31-20)19-5-3-2-4-6-19/h2-10,16,18,21H,11-15H2,1H3,(H,32,35)(H,36,37)/b10-8+. The Morgan fingerprint density at radius 3 is 2.54 bits per heavy atom. The van der Waals surface area contributed by atoms with Gasteiger partial charge in [-0.05, 0) is 36.8 Å². The third kappa shape index (κ3) is 7.42. The second-order valence-corrected chi connectivity index (χ2v) is 11.5. The average Bonchev–Trinajstić information content (AvgIpc) is 3.42. The van der Waals surface area contributed by atoms with Gasteiger partial charge < -0.3 is 15.3 Å². The van der Waals surface area contributed by atoms with Gasteiger partial charge in [-0.3, -0.25) is 9.59 Å². The van der Waals surface area contributed by atoms with Gasteiger partial charge in [0.2, 0.25) is 11.8 Å². The fourth-order valence-corrected chi connectivity index (χ4v) is 6.29. The van der Waals surface area contributed by atoms with Crippen LogP contribution in [0.5, 0.6) is 0 Å². The molecule has 2 amide bonds. The Hall–Kier alpha value is -2.85. The quantitative estimate of drug-likeness (QED) is 0.233. The molecule has 2 aromatic carbocycles. The van der Waals surface area contributed by atoms with Crippen molar-refractivity contribution >= 4 is 70.2 Å². The number of thiazole rings is 1. The maximum absolute atomic E-state index is 12.9. The van der Waals surface area contributed by atoms with Crippen LogP contribution in [0.2, 0.25) is 10.0 Å². The number of nitrogens with one attached hydrogen (secondary N) is 1. The Bertz CT molecular complexity index is 1370. The van der Waals surface area contributed by atoms with Crippen LogP contribution in [0, 0.1) is 5.92 Å². The van der Waals surface area contributed by atoms with Gasteiger partial charge in [-0.25, -0.2) is 9.78 Å². The average molecular weight is 605 g/mol. The molecule has 1 fully saturated rings. The van der Waals surface area contributed by atoms with Gasteiger partial charge in [0.1, 0.15) is 11.0 Å². The number of nitrogens with zero attached hydrogens (tertiary/aromatic N) is 2. The number of benzene rings is 2. The van der Waals surface area contributed by atoms with E-state index in [1.165, 1.54) is 29.2 Å². The second kappa shape index (κ2) is 13.5. The maximum atomic E-state index is 12.9. The van der Waals surface area contributed by atoms with Gasteiger partial charge in [0.15, 0.2) is 0 Å². The van der Waals surface area contributed by atoms with Crippen LogP contribution in [-0.4, -0.2) is 58.2 Å². The molecule has 4 rings (SSSR count). The van der Waals surface area contributed by atoms with E-state index in [0.29, 0.717) is 47.2 Å². The van der Waals surface area contributed by atoms with Crippen LogP contribution < -0.4 is 5.32 Å². The summed E-state index contributed by atoms with van der Waals surface area (Å²) in [5.41, 5.74) is 2.22. The number of hydrogen-bond donors (Lipinski definition) is 2. The summed E-state index contributed by atoms with van der Waals surface area (Å²) in [6.45, 7) is 0.789. The molecule has 0 aliphatic carbocycles. The van der Waals surface area contributed by atoms with Gasteiger partial charge in [0, 0.05) is 47.3 Å². The molecule has 3 aromatic rings. The third-order valence-electron chi connectivity index (χ3n) is 6.48. The van der Waals surface area contributed by atoms with Crippen LogP contribution in [0.25, 0.3) is 16.6 Å². The third-order valence-corrected chi connectivity index (χ3v) is 9.21. The first-order valence-electron chi connectivity index (χ1n) is 12.3. The smallest absolute Gasteiger partial charge is 0.326 e. The van der Waals surface area contributed by atoms with E-state index in [4.69, 9.17) is 23.2 Å². The Labute approximate surface area is 245 Å². The zero-order valence-corrected chi connectivity index (χ0v) is 24.2. The molecule has 39 heavy (non-hydrogen) atoms. The van der Waals surface area contributed by atoms with Gasteiger partial charge in [-0.2, -0.15) is 0 Å². The van der Waals surface area contributed by atoms with Gasteiger partial charge in [-0.1, -0.05) is 59.6 Å². The van der Waals surface area contributed by atoms with E-state index >= 15 is 0 Å². The molecule has 1 aliphatic rings. The van der Waals surface area contributed by atoms with Crippen molar-refractivity contribution in [3.63, 3.8) is 0 Å². The molecule has 11 heteroatoms. The fraction of sp³-hybridized carbons (Fsp3) is 0.286. The number of carboxylic acid groups (broad SMARTS) is 1. The molecule has 1 atom stereocenters. The lowest BCUT2D eigenvalue weighted by Crippen LogP contribution is -2.48. The highest BCUT2D eigenvalue weighted by molar-refractivity contribution is 7.98. The highest BCUT2D eigenvalue weighted by Crippen LogP contribution is 2.35. The van der Waals surface area contributed by atoms with E-state index in [1.807, 2.05) is 54.1 Å². The van der Waals surface area contributed by atoms with Gasteiger partial charge in [0.25, 0.3) is 0 Å². The normalized spacial score (nSPS) is 14.9. The lowest BCUT2D eigenvalue weighted by molar-refractivity contribution is -0.142. The summed E-state index contributed by atoms with van der Waals surface area (Å²) in [6, 6.07) is 12.2. The number of hydrogen-bond acceptors (Lipinski definition) is 6. The van der Waals surface area contributed by atoms with Crippen molar-refractivity contribution < 1.29 is 19.5 Å². The Morgan fingerprint density at radius 2 is 1.87 bits per heavy atom. The number of piperidine rings is 1.